The van der Waals surface area contributed by atoms with Gasteiger partial charge in [-0.1, -0.05) is 6.07 Å². The van der Waals surface area contributed by atoms with Crippen molar-refractivity contribution >= 4 is 9.84 Å². The second-order valence-electron chi connectivity index (χ2n) is 2.58. The molecule has 0 bridgehead atoms. The summed E-state index contributed by atoms with van der Waals surface area (Å²) in [5.74, 6) is -1.20. The highest BCUT2D eigenvalue weighted by molar-refractivity contribution is 7.92. The minimum absolute atomic E-state index is 0.523. The first-order valence-electron chi connectivity index (χ1n) is 3.39. The molecule has 1 aromatic carbocycles. The molecule has 0 atom stereocenters. The van der Waals surface area contributed by atoms with Crippen LogP contribution in [0.15, 0.2) is 18.2 Å². The second-order valence-corrected chi connectivity index (χ2v) is 4.48. The van der Waals surface area contributed by atoms with Gasteiger partial charge in [-0.25, -0.2) is 17.2 Å². The third-order valence-electron chi connectivity index (χ3n) is 1.33. The van der Waals surface area contributed by atoms with Gasteiger partial charge in [-0.3, -0.25) is 0 Å². The maximum atomic E-state index is 12.8. The Kier molecular flexibility index (Phi) is 2.66. The standard InChI is InChI=1S/C8H7F2O2S/c1-13(11,12)5-6-7(9)3-2-4-8(6)10/h2-5H,1H3. The van der Waals surface area contributed by atoms with E-state index in [1.807, 2.05) is 0 Å². The van der Waals surface area contributed by atoms with Crippen molar-refractivity contribution < 1.29 is 17.2 Å². The summed E-state index contributed by atoms with van der Waals surface area (Å²) in [5, 5.41) is 0. The lowest BCUT2D eigenvalue weighted by atomic mass is 10.2. The molecule has 0 amide bonds. The van der Waals surface area contributed by atoms with Gasteiger partial charge in [-0.15, -0.1) is 0 Å². The monoisotopic (exact) mass is 205 g/mol. The van der Waals surface area contributed by atoms with Crippen LogP contribution >= 0.6 is 0 Å². The molecule has 1 aromatic rings. The number of benzene rings is 1. The van der Waals surface area contributed by atoms with Gasteiger partial charge < -0.3 is 0 Å². The van der Waals surface area contributed by atoms with Crippen molar-refractivity contribution in [2.24, 2.45) is 0 Å². The normalized spacial score (nSPS) is 11.6. The Balaban J connectivity index is 3.15. The Morgan fingerprint density at radius 2 is 1.69 bits per heavy atom. The van der Waals surface area contributed by atoms with Crippen LogP contribution in [0, 0.1) is 17.4 Å². The topological polar surface area (TPSA) is 34.1 Å². The quantitative estimate of drug-likeness (QED) is 0.733. The first-order valence-corrected chi connectivity index (χ1v) is 5.34. The third-order valence-corrected chi connectivity index (χ3v) is 2.00. The van der Waals surface area contributed by atoms with Gasteiger partial charge in [0.1, 0.15) is 17.4 Å². The van der Waals surface area contributed by atoms with Crippen LogP contribution < -0.4 is 0 Å². The smallest absolute Gasteiger partial charge is 0.156 e. The van der Waals surface area contributed by atoms with Gasteiger partial charge in [0, 0.05) is 11.8 Å². The van der Waals surface area contributed by atoms with Crippen molar-refractivity contribution in [1.29, 1.82) is 0 Å². The van der Waals surface area contributed by atoms with E-state index in [-0.39, 0.29) is 0 Å². The van der Waals surface area contributed by atoms with Crippen LogP contribution in [-0.4, -0.2) is 14.7 Å². The Hall–Kier alpha value is -0.970. The van der Waals surface area contributed by atoms with Crippen LogP contribution in [-0.2, 0) is 9.84 Å². The summed E-state index contributed by atoms with van der Waals surface area (Å²) < 4.78 is 47.1. The van der Waals surface area contributed by atoms with Crippen LogP contribution in [0.1, 0.15) is 5.56 Å². The van der Waals surface area contributed by atoms with Gasteiger partial charge in [-0.2, -0.15) is 0 Å². The summed E-state index contributed by atoms with van der Waals surface area (Å²) in [5.41, 5.74) is -0.523. The van der Waals surface area contributed by atoms with Gasteiger partial charge in [0.25, 0.3) is 0 Å². The maximum Gasteiger partial charge on any atom is 0.156 e. The van der Waals surface area contributed by atoms with Crippen LogP contribution in [0.3, 0.4) is 0 Å². The van der Waals surface area contributed by atoms with Crippen molar-refractivity contribution in [1.82, 2.24) is 0 Å². The van der Waals surface area contributed by atoms with E-state index < -0.39 is 27.0 Å². The summed E-state index contributed by atoms with van der Waals surface area (Å²) in [6.45, 7) is 0. The van der Waals surface area contributed by atoms with Crippen molar-refractivity contribution in [2.75, 3.05) is 6.26 Å². The molecule has 0 aliphatic heterocycles. The average molecular weight is 205 g/mol. The zero-order valence-electron chi connectivity index (χ0n) is 6.79. The van der Waals surface area contributed by atoms with Crippen LogP contribution in [0.5, 0.6) is 0 Å². The minimum Gasteiger partial charge on any atom is -0.228 e. The van der Waals surface area contributed by atoms with Crippen molar-refractivity contribution in [3.8, 4) is 0 Å². The van der Waals surface area contributed by atoms with Crippen molar-refractivity contribution in [2.45, 2.75) is 0 Å². The van der Waals surface area contributed by atoms with E-state index in [1.54, 1.807) is 0 Å². The molecule has 0 aromatic heterocycles. The highest BCUT2D eigenvalue weighted by atomic mass is 32.2. The summed E-state index contributed by atoms with van der Waals surface area (Å²) >= 11 is 0. The second kappa shape index (κ2) is 3.41. The predicted molar refractivity (Wildman–Crippen MR) is 44.6 cm³/mol. The average Bonchev–Trinajstić information content (AvgIpc) is 1.95. The molecule has 0 heterocycles. The molecule has 71 valence electrons. The minimum atomic E-state index is -3.53. The molecule has 0 aliphatic carbocycles. The summed E-state index contributed by atoms with van der Waals surface area (Å²) in [4.78, 5) is 0. The molecule has 0 N–H and O–H groups in total. The molecule has 0 saturated heterocycles. The molecule has 0 spiro atoms. The van der Waals surface area contributed by atoms with E-state index in [0.29, 0.717) is 5.75 Å². The molecule has 0 unspecified atom stereocenters. The Bertz CT molecular complexity index is 392. The molecule has 0 aliphatic rings. The van der Waals surface area contributed by atoms with E-state index in [0.717, 1.165) is 18.4 Å². The predicted octanol–water partition coefficient (Wildman–Crippen LogP) is 1.52. The number of sulfone groups is 1. The lowest BCUT2D eigenvalue weighted by molar-refractivity contribution is 0.569. The highest BCUT2D eigenvalue weighted by Crippen LogP contribution is 2.16. The first kappa shape index (κ1) is 10.1. The molecule has 5 heteroatoms. The Morgan fingerprint density at radius 1 is 1.23 bits per heavy atom. The van der Waals surface area contributed by atoms with Crippen LogP contribution in [0.4, 0.5) is 8.78 Å². The number of hydrogen-bond acceptors (Lipinski definition) is 2. The molecular formula is C8H7F2O2S. The van der Waals surface area contributed by atoms with Gasteiger partial charge in [0.2, 0.25) is 0 Å². The number of rotatable bonds is 2. The fourth-order valence-corrected chi connectivity index (χ4v) is 1.49. The molecule has 2 nitrogen and oxygen atoms in total. The first-order chi connectivity index (χ1) is 5.90. The van der Waals surface area contributed by atoms with Crippen LogP contribution in [0.25, 0.3) is 0 Å². The Morgan fingerprint density at radius 3 is 2.08 bits per heavy atom. The summed E-state index contributed by atoms with van der Waals surface area (Å²) in [6.07, 6.45) is 0.874. The van der Waals surface area contributed by atoms with E-state index in [9.17, 15) is 17.2 Å². The molecule has 13 heavy (non-hydrogen) atoms. The summed E-state index contributed by atoms with van der Waals surface area (Å²) in [6, 6.07) is 3.17. The third kappa shape index (κ3) is 2.77. The molecule has 1 radical (unpaired) electrons. The lowest BCUT2D eigenvalue weighted by Crippen LogP contribution is -2.02. The SMILES string of the molecule is CS(=O)(=O)[CH]c1c(F)cccc1F. The maximum absolute atomic E-state index is 12.8. The zero-order chi connectivity index (χ0) is 10.1. The van der Waals surface area contributed by atoms with Crippen molar-refractivity contribution in [3.05, 3.63) is 41.1 Å². The fraction of sp³-hybridized carbons (Fsp3) is 0.125. The number of halogens is 2. The van der Waals surface area contributed by atoms with Gasteiger partial charge in [0.05, 0.1) is 0 Å². The lowest BCUT2D eigenvalue weighted by Gasteiger charge is -2.01. The Labute approximate surface area is 75.1 Å². The van der Waals surface area contributed by atoms with Gasteiger partial charge in [0.15, 0.2) is 9.84 Å². The number of hydrogen-bond donors (Lipinski definition) is 0. The highest BCUT2D eigenvalue weighted by Gasteiger charge is 2.14. The molecule has 1 rings (SSSR count). The van der Waals surface area contributed by atoms with E-state index in [4.69, 9.17) is 0 Å². The van der Waals surface area contributed by atoms with Gasteiger partial charge >= 0.3 is 0 Å². The molecular weight excluding hydrogens is 198 g/mol. The van der Waals surface area contributed by atoms with E-state index in [2.05, 4.69) is 0 Å². The van der Waals surface area contributed by atoms with Crippen LogP contribution in [0.2, 0.25) is 0 Å². The summed E-state index contributed by atoms with van der Waals surface area (Å²) in [7, 11) is -3.53. The zero-order valence-corrected chi connectivity index (χ0v) is 7.61. The van der Waals surface area contributed by atoms with Gasteiger partial charge in [-0.05, 0) is 12.1 Å². The molecule has 0 fully saturated rings. The molecule has 0 saturated carbocycles. The van der Waals surface area contributed by atoms with Crippen molar-refractivity contribution in [3.63, 3.8) is 0 Å². The van der Waals surface area contributed by atoms with E-state index >= 15 is 0 Å². The fourth-order valence-electron chi connectivity index (χ4n) is 0.837. The largest absolute Gasteiger partial charge is 0.228 e. The van der Waals surface area contributed by atoms with E-state index in [1.165, 1.54) is 6.07 Å².